The van der Waals surface area contributed by atoms with Crippen molar-refractivity contribution in [2.45, 2.75) is 52.3 Å². The zero-order valence-corrected chi connectivity index (χ0v) is 8.61. The number of rotatable bonds is 5. The van der Waals surface area contributed by atoms with Crippen LogP contribution in [0.3, 0.4) is 0 Å². The van der Waals surface area contributed by atoms with E-state index in [4.69, 9.17) is 4.43 Å². The molecule has 0 spiro atoms. The third-order valence-electron chi connectivity index (χ3n) is 1.32. The maximum absolute atomic E-state index is 5.65. The maximum Gasteiger partial charge on any atom is 0.208 e. The second-order valence-corrected chi connectivity index (χ2v) is 5.11. The molecule has 0 amide bonds. The van der Waals surface area contributed by atoms with Crippen LogP contribution in [0.5, 0.6) is 0 Å². The van der Waals surface area contributed by atoms with E-state index in [0.717, 1.165) is 0 Å². The van der Waals surface area contributed by atoms with Gasteiger partial charge in [-0.1, -0.05) is 19.8 Å². The lowest BCUT2D eigenvalue weighted by Gasteiger charge is -2.12. The van der Waals surface area contributed by atoms with Crippen LogP contribution in [0.4, 0.5) is 0 Å². The molecule has 0 aromatic carbocycles. The summed E-state index contributed by atoms with van der Waals surface area (Å²) in [7, 11) is -0.452. The van der Waals surface area contributed by atoms with Crippen molar-refractivity contribution in [3.63, 3.8) is 0 Å². The van der Waals surface area contributed by atoms with Crippen molar-refractivity contribution in [2.75, 3.05) is 0 Å². The normalized spacial score (nSPS) is 11.4. The van der Waals surface area contributed by atoms with Gasteiger partial charge in [-0.3, -0.25) is 0 Å². The summed E-state index contributed by atoms with van der Waals surface area (Å²) in [6, 6.07) is 1.30. The fourth-order valence-electron chi connectivity index (χ4n) is 0.887. The third kappa shape index (κ3) is 6.30. The van der Waals surface area contributed by atoms with Gasteiger partial charge in [0.25, 0.3) is 0 Å². The predicted molar refractivity (Wildman–Crippen MR) is 47.6 cm³/mol. The topological polar surface area (TPSA) is 9.23 Å². The number of unbranched alkanes of at least 4 members (excludes halogenated alkanes) is 1. The van der Waals surface area contributed by atoms with E-state index >= 15 is 0 Å². The van der Waals surface area contributed by atoms with Crippen molar-refractivity contribution in [1.29, 1.82) is 0 Å². The van der Waals surface area contributed by atoms with E-state index in [1.165, 1.54) is 18.9 Å². The highest BCUT2D eigenvalue weighted by Gasteiger charge is 2.06. The Balaban J connectivity index is 3.16. The molecule has 0 unspecified atom stereocenters. The maximum atomic E-state index is 5.65. The fraction of sp³-hybridized carbons (Fsp3) is 1.00. The Hall–Kier alpha value is 0.177. The minimum absolute atomic E-state index is 0.427. The lowest BCUT2D eigenvalue weighted by Crippen LogP contribution is -2.17. The molecule has 0 fully saturated rings. The zero-order chi connectivity index (χ0) is 7.98. The van der Waals surface area contributed by atoms with Gasteiger partial charge in [-0.2, -0.15) is 0 Å². The Morgan fingerprint density at radius 1 is 1.40 bits per heavy atom. The lowest BCUT2D eigenvalue weighted by atomic mass is 10.4. The van der Waals surface area contributed by atoms with Gasteiger partial charge in [0, 0.05) is 6.10 Å². The molecule has 0 bridgehead atoms. The summed E-state index contributed by atoms with van der Waals surface area (Å²) in [6.45, 7) is 8.70. The van der Waals surface area contributed by atoms with Gasteiger partial charge in [-0.05, 0) is 26.4 Å². The molecule has 0 N–H and O–H groups in total. The van der Waals surface area contributed by atoms with E-state index in [1.54, 1.807) is 0 Å². The first-order valence-electron chi connectivity index (χ1n) is 4.16. The first-order chi connectivity index (χ1) is 4.66. The van der Waals surface area contributed by atoms with Crippen LogP contribution in [0.1, 0.15) is 33.6 Å². The summed E-state index contributed by atoms with van der Waals surface area (Å²) < 4.78 is 5.65. The molecule has 0 aromatic heterocycles. The third-order valence-corrected chi connectivity index (χ3v) is 3.25. The van der Waals surface area contributed by atoms with Crippen LogP contribution in [0, 0.1) is 0 Å². The molecular weight excluding hydrogens is 140 g/mol. The second-order valence-electron chi connectivity index (χ2n) is 2.97. The molecule has 0 aromatic rings. The Bertz CT molecular complexity index is 73.7. The monoisotopic (exact) mass is 159 g/mol. The van der Waals surface area contributed by atoms with Crippen molar-refractivity contribution in [3.05, 3.63) is 0 Å². The molecule has 0 saturated carbocycles. The van der Waals surface area contributed by atoms with Gasteiger partial charge in [-0.15, -0.1) is 0 Å². The van der Waals surface area contributed by atoms with Crippen molar-refractivity contribution in [1.82, 2.24) is 0 Å². The molecule has 0 aliphatic carbocycles. The molecule has 2 heteroatoms. The number of hydrogen-bond acceptors (Lipinski definition) is 1. The average Bonchev–Trinajstić information content (AvgIpc) is 1.82. The minimum Gasteiger partial charge on any atom is -0.415 e. The minimum atomic E-state index is -0.452. The first-order valence-corrected chi connectivity index (χ1v) is 6.27. The van der Waals surface area contributed by atoms with Gasteiger partial charge in [0.2, 0.25) is 9.04 Å². The first kappa shape index (κ1) is 10.2. The summed E-state index contributed by atoms with van der Waals surface area (Å²) in [4.78, 5) is 0. The van der Waals surface area contributed by atoms with Crippen LogP contribution in [0.15, 0.2) is 0 Å². The number of hydrogen-bond donors (Lipinski definition) is 0. The van der Waals surface area contributed by atoms with Gasteiger partial charge in [0.15, 0.2) is 0 Å². The van der Waals surface area contributed by atoms with E-state index in [2.05, 4.69) is 27.3 Å². The summed E-state index contributed by atoms with van der Waals surface area (Å²) >= 11 is 0. The molecule has 0 saturated heterocycles. The Kier molecular flexibility index (Phi) is 6.03. The summed E-state index contributed by atoms with van der Waals surface area (Å²) in [5, 5.41) is 0. The quantitative estimate of drug-likeness (QED) is 0.560. The van der Waals surface area contributed by atoms with Crippen LogP contribution >= 0.6 is 0 Å². The molecule has 0 aliphatic heterocycles. The summed E-state index contributed by atoms with van der Waals surface area (Å²) in [6.07, 6.45) is 3.05. The van der Waals surface area contributed by atoms with Crippen molar-refractivity contribution in [2.24, 2.45) is 0 Å². The highest BCUT2D eigenvalue weighted by atomic mass is 28.3. The Labute approximate surface area is 66.5 Å². The predicted octanol–water partition coefficient (Wildman–Crippen LogP) is 2.83. The molecule has 0 atom stereocenters. The standard InChI is InChI=1S/C8H19OSi/c1-5-6-7-10(4)9-8(2)3/h8H,5-7H2,1-4H3. The SMILES string of the molecule is CCCC[Si](C)OC(C)C. The summed E-state index contributed by atoms with van der Waals surface area (Å²) in [5.41, 5.74) is 0. The second kappa shape index (κ2) is 5.92. The van der Waals surface area contributed by atoms with Crippen molar-refractivity contribution >= 4 is 9.04 Å². The molecule has 61 valence electrons. The lowest BCUT2D eigenvalue weighted by molar-refractivity contribution is 0.244. The van der Waals surface area contributed by atoms with E-state index in [1.807, 2.05) is 0 Å². The van der Waals surface area contributed by atoms with E-state index in [0.29, 0.717) is 6.10 Å². The smallest absolute Gasteiger partial charge is 0.208 e. The van der Waals surface area contributed by atoms with Crippen LogP contribution in [0.25, 0.3) is 0 Å². The Morgan fingerprint density at radius 3 is 2.40 bits per heavy atom. The van der Waals surface area contributed by atoms with Crippen molar-refractivity contribution in [3.8, 4) is 0 Å². The van der Waals surface area contributed by atoms with Crippen LogP contribution in [-0.2, 0) is 4.43 Å². The fourth-order valence-corrected chi connectivity index (χ4v) is 2.66. The Morgan fingerprint density at radius 2 is 2.00 bits per heavy atom. The van der Waals surface area contributed by atoms with Gasteiger partial charge >= 0.3 is 0 Å². The molecule has 1 radical (unpaired) electrons. The van der Waals surface area contributed by atoms with Crippen LogP contribution in [-0.4, -0.2) is 15.1 Å². The van der Waals surface area contributed by atoms with E-state index in [-0.39, 0.29) is 0 Å². The van der Waals surface area contributed by atoms with Gasteiger partial charge in [-0.25, -0.2) is 0 Å². The zero-order valence-electron chi connectivity index (χ0n) is 7.61. The molecule has 10 heavy (non-hydrogen) atoms. The van der Waals surface area contributed by atoms with Crippen LogP contribution in [0.2, 0.25) is 12.6 Å². The van der Waals surface area contributed by atoms with Gasteiger partial charge in [0.05, 0.1) is 0 Å². The van der Waals surface area contributed by atoms with Crippen molar-refractivity contribution < 1.29 is 4.43 Å². The summed E-state index contributed by atoms with van der Waals surface area (Å²) in [5.74, 6) is 0. The van der Waals surface area contributed by atoms with Gasteiger partial charge < -0.3 is 4.43 Å². The average molecular weight is 159 g/mol. The highest BCUT2D eigenvalue weighted by Crippen LogP contribution is 2.04. The van der Waals surface area contributed by atoms with E-state index < -0.39 is 9.04 Å². The van der Waals surface area contributed by atoms with E-state index in [9.17, 15) is 0 Å². The highest BCUT2D eigenvalue weighted by molar-refractivity contribution is 6.50. The van der Waals surface area contributed by atoms with Crippen LogP contribution < -0.4 is 0 Å². The molecule has 0 heterocycles. The largest absolute Gasteiger partial charge is 0.415 e. The van der Waals surface area contributed by atoms with Gasteiger partial charge in [0.1, 0.15) is 0 Å². The molecule has 0 aliphatic rings. The molecular formula is C8H19OSi. The molecule has 0 rings (SSSR count). The molecule has 1 nitrogen and oxygen atoms in total.